The van der Waals surface area contributed by atoms with Gasteiger partial charge in [0.25, 0.3) is 0 Å². The maximum absolute atomic E-state index is 5.86. The molecule has 1 rings (SSSR count). The van der Waals surface area contributed by atoms with Crippen molar-refractivity contribution in [2.45, 2.75) is 39.7 Å². The van der Waals surface area contributed by atoms with E-state index in [0.717, 1.165) is 5.92 Å². The number of hydrogen-bond donors (Lipinski definition) is 1. The van der Waals surface area contributed by atoms with E-state index in [-0.39, 0.29) is 0 Å². The van der Waals surface area contributed by atoms with Crippen molar-refractivity contribution in [3.63, 3.8) is 0 Å². The van der Waals surface area contributed by atoms with Crippen LogP contribution in [0.4, 0.5) is 0 Å². The predicted octanol–water partition coefficient (Wildman–Crippen LogP) is 1.70. The standard InChI is InChI=1S/C11H24N2/c1-4-13(8-11-5-6-11)7-9(2)10(3)12/h9-11H,4-8,12H2,1-3H3. The van der Waals surface area contributed by atoms with Crippen molar-refractivity contribution in [3.05, 3.63) is 0 Å². The Morgan fingerprint density at radius 1 is 1.38 bits per heavy atom. The molecule has 2 N–H and O–H groups in total. The number of nitrogens with zero attached hydrogens (tertiary/aromatic N) is 1. The lowest BCUT2D eigenvalue weighted by molar-refractivity contribution is 0.227. The normalized spacial score (nSPS) is 21.9. The number of nitrogens with two attached hydrogens (primary N) is 1. The van der Waals surface area contributed by atoms with E-state index in [1.165, 1.54) is 32.5 Å². The fourth-order valence-electron chi connectivity index (χ4n) is 1.57. The van der Waals surface area contributed by atoms with Gasteiger partial charge in [0, 0.05) is 19.1 Å². The Hall–Kier alpha value is -0.0800. The average molecular weight is 184 g/mol. The monoisotopic (exact) mass is 184 g/mol. The molecular formula is C11H24N2. The van der Waals surface area contributed by atoms with Crippen LogP contribution >= 0.6 is 0 Å². The molecule has 0 saturated heterocycles. The van der Waals surface area contributed by atoms with Crippen molar-refractivity contribution in [1.29, 1.82) is 0 Å². The van der Waals surface area contributed by atoms with E-state index < -0.39 is 0 Å². The fraction of sp³-hybridized carbons (Fsp3) is 1.00. The van der Waals surface area contributed by atoms with Crippen molar-refractivity contribution < 1.29 is 0 Å². The van der Waals surface area contributed by atoms with Crippen LogP contribution in [0.15, 0.2) is 0 Å². The highest BCUT2D eigenvalue weighted by Crippen LogP contribution is 2.29. The summed E-state index contributed by atoms with van der Waals surface area (Å²) in [7, 11) is 0. The molecule has 2 heteroatoms. The first-order valence-corrected chi connectivity index (χ1v) is 5.61. The van der Waals surface area contributed by atoms with Gasteiger partial charge in [-0.1, -0.05) is 13.8 Å². The van der Waals surface area contributed by atoms with Crippen LogP contribution in [0.1, 0.15) is 33.6 Å². The first-order valence-electron chi connectivity index (χ1n) is 5.61. The summed E-state index contributed by atoms with van der Waals surface area (Å²) in [4.78, 5) is 2.55. The summed E-state index contributed by atoms with van der Waals surface area (Å²) in [5, 5.41) is 0. The second kappa shape index (κ2) is 4.97. The summed E-state index contributed by atoms with van der Waals surface area (Å²) in [5.41, 5.74) is 5.86. The third-order valence-electron chi connectivity index (χ3n) is 3.10. The fourth-order valence-corrected chi connectivity index (χ4v) is 1.57. The molecule has 2 nitrogen and oxygen atoms in total. The smallest absolute Gasteiger partial charge is 0.00483 e. The van der Waals surface area contributed by atoms with Gasteiger partial charge in [0.05, 0.1) is 0 Å². The van der Waals surface area contributed by atoms with Crippen LogP contribution in [0.2, 0.25) is 0 Å². The first-order chi connectivity index (χ1) is 6.13. The largest absolute Gasteiger partial charge is 0.328 e. The second-order valence-corrected chi connectivity index (χ2v) is 4.63. The van der Waals surface area contributed by atoms with Gasteiger partial charge in [-0.25, -0.2) is 0 Å². The third kappa shape index (κ3) is 4.10. The van der Waals surface area contributed by atoms with E-state index in [2.05, 4.69) is 25.7 Å². The molecule has 1 aliphatic rings. The van der Waals surface area contributed by atoms with Gasteiger partial charge in [-0.15, -0.1) is 0 Å². The quantitative estimate of drug-likeness (QED) is 0.681. The molecule has 13 heavy (non-hydrogen) atoms. The zero-order valence-electron chi connectivity index (χ0n) is 9.29. The highest BCUT2D eigenvalue weighted by Gasteiger charge is 2.24. The molecule has 2 unspecified atom stereocenters. The van der Waals surface area contributed by atoms with Gasteiger partial charge >= 0.3 is 0 Å². The molecule has 0 radical (unpaired) electrons. The highest BCUT2D eigenvalue weighted by molar-refractivity contribution is 4.78. The zero-order chi connectivity index (χ0) is 9.84. The number of hydrogen-bond acceptors (Lipinski definition) is 2. The van der Waals surface area contributed by atoms with E-state index in [1.54, 1.807) is 0 Å². The number of rotatable bonds is 6. The minimum Gasteiger partial charge on any atom is -0.328 e. The summed E-state index contributed by atoms with van der Waals surface area (Å²) >= 11 is 0. The Balaban J connectivity index is 2.20. The molecular weight excluding hydrogens is 160 g/mol. The maximum atomic E-state index is 5.86. The van der Waals surface area contributed by atoms with Gasteiger partial charge in [-0.2, -0.15) is 0 Å². The van der Waals surface area contributed by atoms with Crippen molar-refractivity contribution in [2.75, 3.05) is 19.6 Å². The first kappa shape index (κ1) is 11.0. The van der Waals surface area contributed by atoms with E-state index in [9.17, 15) is 0 Å². The van der Waals surface area contributed by atoms with Crippen LogP contribution < -0.4 is 5.73 Å². The molecule has 0 aromatic rings. The SMILES string of the molecule is CCN(CC1CC1)CC(C)C(C)N. The lowest BCUT2D eigenvalue weighted by Crippen LogP contribution is -2.37. The summed E-state index contributed by atoms with van der Waals surface area (Å²) in [6.45, 7) is 10.2. The molecule has 0 aliphatic heterocycles. The minimum atomic E-state index is 0.327. The van der Waals surface area contributed by atoms with E-state index in [4.69, 9.17) is 5.73 Å². The van der Waals surface area contributed by atoms with Crippen molar-refractivity contribution in [3.8, 4) is 0 Å². The minimum absolute atomic E-state index is 0.327. The van der Waals surface area contributed by atoms with Gasteiger partial charge in [0.15, 0.2) is 0 Å². The van der Waals surface area contributed by atoms with Crippen molar-refractivity contribution in [1.82, 2.24) is 4.90 Å². The summed E-state index contributed by atoms with van der Waals surface area (Å²) < 4.78 is 0. The summed E-state index contributed by atoms with van der Waals surface area (Å²) in [6.07, 6.45) is 2.89. The topological polar surface area (TPSA) is 29.3 Å². The Bertz CT molecular complexity index is 141. The molecule has 0 heterocycles. The molecule has 1 fully saturated rings. The van der Waals surface area contributed by atoms with E-state index in [1.807, 2.05) is 0 Å². The van der Waals surface area contributed by atoms with Crippen LogP contribution in [0.3, 0.4) is 0 Å². The highest BCUT2D eigenvalue weighted by atomic mass is 15.1. The van der Waals surface area contributed by atoms with Gasteiger partial charge in [0.2, 0.25) is 0 Å². The van der Waals surface area contributed by atoms with Gasteiger partial charge in [-0.3, -0.25) is 0 Å². The third-order valence-corrected chi connectivity index (χ3v) is 3.10. The van der Waals surface area contributed by atoms with Crippen LogP contribution in [0.25, 0.3) is 0 Å². The van der Waals surface area contributed by atoms with Crippen molar-refractivity contribution in [2.24, 2.45) is 17.6 Å². The van der Waals surface area contributed by atoms with Crippen molar-refractivity contribution >= 4 is 0 Å². The second-order valence-electron chi connectivity index (χ2n) is 4.63. The molecule has 1 saturated carbocycles. The Labute approximate surface area is 82.5 Å². The molecule has 78 valence electrons. The van der Waals surface area contributed by atoms with Crippen LogP contribution in [0, 0.1) is 11.8 Å². The Kier molecular flexibility index (Phi) is 4.20. The Morgan fingerprint density at radius 3 is 2.38 bits per heavy atom. The molecule has 0 aromatic heterocycles. The summed E-state index contributed by atoms with van der Waals surface area (Å²) in [5.74, 6) is 1.62. The molecule has 0 amide bonds. The van der Waals surface area contributed by atoms with Gasteiger partial charge < -0.3 is 10.6 Å². The van der Waals surface area contributed by atoms with E-state index >= 15 is 0 Å². The molecule has 0 aromatic carbocycles. The maximum Gasteiger partial charge on any atom is 0.00483 e. The molecule has 0 spiro atoms. The molecule has 0 bridgehead atoms. The van der Waals surface area contributed by atoms with Gasteiger partial charge in [-0.05, 0) is 38.1 Å². The van der Waals surface area contributed by atoms with Crippen LogP contribution in [-0.4, -0.2) is 30.6 Å². The van der Waals surface area contributed by atoms with Crippen LogP contribution in [-0.2, 0) is 0 Å². The predicted molar refractivity (Wildman–Crippen MR) is 57.7 cm³/mol. The zero-order valence-corrected chi connectivity index (χ0v) is 9.29. The summed E-state index contributed by atoms with van der Waals surface area (Å²) in [6, 6.07) is 0.327. The Morgan fingerprint density at radius 2 is 2.00 bits per heavy atom. The molecule has 1 aliphatic carbocycles. The lowest BCUT2D eigenvalue weighted by atomic mass is 10.0. The van der Waals surface area contributed by atoms with Gasteiger partial charge in [0.1, 0.15) is 0 Å². The van der Waals surface area contributed by atoms with Crippen LogP contribution in [0.5, 0.6) is 0 Å². The molecule has 2 atom stereocenters. The average Bonchev–Trinajstić information content (AvgIpc) is 2.86. The lowest BCUT2D eigenvalue weighted by Gasteiger charge is -2.26. The van der Waals surface area contributed by atoms with E-state index in [0.29, 0.717) is 12.0 Å².